The van der Waals surface area contributed by atoms with Crippen molar-refractivity contribution in [1.82, 2.24) is 0 Å². The molecule has 0 unspecified atom stereocenters. The molecule has 0 N–H and O–H groups in total. The molecular weight excluding hydrogens is 176 g/mol. The molecule has 0 spiro atoms. The maximum absolute atomic E-state index is 13.0. The van der Waals surface area contributed by atoms with Crippen LogP contribution in [0, 0.1) is 17.5 Å². The first kappa shape index (κ1) is 10.2. The molecule has 1 aromatic rings. The van der Waals surface area contributed by atoms with E-state index in [1.807, 2.05) is 6.92 Å². The van der Waals surface area contributed by atoms with Crippen LogP contribution in [0.3, 0.4) is 0 Å². The van der Waals surface area contributed by atoms with Gasteiger partial charge in [-0.05, 0) is 12.0 Å². The van der Waals surface area contributed by atoms with Crippen molar-refractivity contribution in [1.29, 1.82) is 0 Å². The van der Waals surface area contributed by atoms with Gasteiger partial charge in [0, 0.05) is 0 Å². The molecule has 0 fully saturated rings. The van der Waals surface area contributed by atoms with Gasteiger partial charge in [-0.15, -0.1) is 0 Å². The molecule has 1 rings (SSSR count). The monoisotopic (exact) mass is 186 g/mol. The fourth-order valence-corrected chi connectivity index (χ4v) is 1.25. The minimum absolute atomic E-state index is 0.155. The summed E-state index contributed by atoms with van der Waals surface area (Å²) in [6.45, 7) is 1.86. The van der Waals surface area contributed by atoms with Crippen molar-refractivity contribution in [3.8, 4) is 0 Å². The van der Waals surface area contributed by atoms with Crippen LogP contribution in [-0.4, -0.2) is 7.85 Å². The molecule has 0 saturated heterocycles. The van der Waals surface area contributed by atoms with Crippen LogP contribution in [0.4, 0.5) is 13.2 Å². The molecule has 0 bridgehead atoms. The highest BCUT2D eigenvalue weighted by molar-refractivity contribution is 6.32. The smallest absolute Gasteiger partial charge is 0.194 e. The Morgan fingerprint density at radius 3 is 2.31 bits per heavy atom. The van der Waals surface area contributed by atoms with Crippen molar-refractivity contribution < 1.29 is 13.2 Å². The maximum Gasteiger partial charge on any atom is 0.194 e. The SMILES string of the molecule is Bc1cc(CCC)c(F)c(F)c1F. The van der Waals surface area contributed by atoms with E-state index < -0.39 is 17.5 Å². The molecule has 1 aromatic carbocycles. The Balaban J connectivity index is 3.24. The summed E-state index contributed by atoms with van der Waals surface area (Å²) in [5, 5.41) is 0. The van der Waals surface area contributed by atoms with Crippen molar-refractivity contribution in [2.45, 2.75) is 19.8 Å². The first-order chi connectivity index (χ1) is 6.07. The molecule has 0 radical (unpaired) electrons. The minimum atomic E-state index is -1.36. The van der Waals surface area contributed by atoms with E-state index in [1.165, 1.54) is 13.9 Å². The van der Waals surface area contributed by atoms with E-state index in [2.05, 4.69) is 0 Å². The Bertz CT molecular complexity index is 323. The highest BCUT2D eigenvalue weighted by Crippen LogP contribution is 2.14. The summed E-state index contributed by atoms with van der Waals surface area (Å²) in [4.78, 5) is 0. The zero-order valence-electron chi connectivity index (χ0n) is 7.63. The van der Waals surface area contributed by atoms with Crippen LogP contribution in [0.2, 0.25) is 0 Å². The van der Waals surface area contributed by atoms with Gasteiger partial charge in [-0.3, -0.25) is 0 Å². The number of halogens is 3. The van der Waals surface area contributed by atoms with E-state index in [4.69, 9.17) is 0 Å². The summed E-state index contributed by atoms with van der Waals surface area (Å²) < 4.78 is 38.6. The van der Waals surface area contributed by atoms with Gasteiger partial charge in [0.05, 0.1) is 0 Å². The minimum Gasteiger partial charge on any atom is -0.204 e. The Morgan fingerprint density at radius 1 is 1.15 bits per heavy atom. The molecule has 0 amide bonds. The summed E-state index contributed by atoms with van der Waals surface area (Å²) >= 11 is 0. The molecule has 70 valence electrons. The molecule has 0 aliphatic carbocycles. The predicted octanol–water partition coefficient (Wildman–Crippen LogP) is 1.31. The molecule has 0 saturated carbocycles. The lowest BCUT2D eigenvalue weighted by molar-refractivity contribution is 0.444. The molecule has 0 atom stereocenters. The van der Waals surface area contributed by atoms with Crippen LogP contribution in [0.15, 0.2) is 6.07 Å². The van der Waals surface area contributed by atoms with Crippen molar-refractivity contribution >= 4 is 13.3 Å². The van der Waals surface area contributed by atoms with E-state index in [9.17, 15) is 13.2 Å². The van der Waals surface area contributed by atoms with Crippen LogP contribution in [0.5, 0.6) is 0 Å². The average Bonchev–Trinajstić information content (AvgIpc) is 2.11. The van der Waals surface area contributed by atoms with Crippen LogP contribution >= 0.6 is 0 Å². The summed E-state index contributed by atoms with van der Waals surface area (Å²) in [6.07, 6.45) is 1.14. The highest BCUT2D eigenvalue weighted by atomic mass is 19.2. The van der Waals surface area contributed by atoms with Gasteiger partial charge in [-0.2, -0.15) is 0 Å². The molecule has 4 heteroatoms. The first-order valence-corrected chi connectivity index (χ1v) is 4.20. The van der Waals surface area contributed by atoms with E-state index in [0.29, 0.717) is 12.8 Å². The number of benzene rings is 1. The van der Waals surface area contributed by atoms with Crippen molar-refractivity contribution in [2.24, 2.45) is 0 Å². The van der Waals surface area contributed by atoms with Gasteiger partial charge < -0.3 is 0 Å². The lowest BCUT2D eigenvalue weighted by Gasteiger charge is -2.05. The van der Waals surface area contributed by atoms with Crippen LogP contribution < -0.4 is 5.46 Å². The van der Waals surface area contributed by atoms with Crippen LogP contribution in [-0.2, 0) is 6.42 Å². The lowest BCUT2D eigenvalue weighted by atomic mass is 9.92. The number of rotatable bonds is 2. The largest absolute Gasteiger partial charge is 0.204 e. The summed E-state index contributed by atoms with van der Waals surface area (Å²) in [6, 6.07) is 1.36. The van der Waals surface area contributed by atoms with Crippen molar-refractivity contribution in [2.75, 3.05) is 0 Å². The van der Waals surface area contributed by atoms with Gasteiger partial charge in [0.2, 0.25) is 0 Å². The Morgan fingerprint density at radius 2 is 1.77 bits per heavy atom. The van der Waals surface area contributed by atoms with Crippen LogP contribution in [0.25, 0.3) is 0 Å². The highest BCUT2D eigenvalue weighted by Gasteiger charge is 2.15. The maximum atomic E-state index is 13.0. The van der Waals surface area contributed by atoms with E-state index in [-0.39, 0.29) is 11.0 Å². The fraction of sp³-hybridized carbons (Fsp3) is 0.333. The van der Waals surface area contributed by atoms with Gasteiger partial charge >= 0.3 is 0 Å². The zero-order valence-corrected chi connectivity index (χ0v) is 7.63. The molecule has 0 heterocycles. The normalized spacial score (nSPS) is 10.5. The molecule has 0 nitrogen and oxygen atoms in total. The van der Waals surface area contributed by atoms with Gasteiger partial charge in [0.15, 0.2) is 17.5 Å². The zero-order chi connectivity index (χ0) is 10.0. The van der Waals surface area contributed by atoms with E-state index >= 15 is 0 Å². The third-order valence-corrected chi connectivity index (χ3v) is 1.92. The summed E-state index contributed by atoms with van der Waals surface area (Å²) in [5.41, 5.74) is 0.404. The standard InChI is InChI=1S/C9H10BF3/c1-2-3-5-4-6(10)8(12)9(13)7(5)11/h4H,2-3,10H2,1H3. The summed E-state index contributed by atoms with van der Waals surface area (Å²) in [5.74, 6) is -3.49. The van der Waals surface area contributed by atoms with Gasteiger partial charge in [0.25, 0.3) is 0 Å². The quantitative estimate of drug-likeness (QED) is 0.482. The second-order valence-corrected chi connectivity index (χ2v) is 3.04. The van der Waals surface area contributed by atoms with Gasteiger partial charge in [-0.1, -0.05) is 24.9 Å². The number of hydrogen-bond acceptors (Lipinski definition) is 0. The Labute approximate surface area is 76.2 Å². The van der Waals surface area contributed by atoms with E-state index in [1.54, 1.807) is 0 Å². The number of aryl methyl sites for hydroxylation is 1. The third kappa shape index (κ3) is 1.87. The van der Waals surface area contributed by atoms with Gasteiger partial charge in [0.1, 0.15) is 7.85 Å². The van der Waals surface area contributed by atoms with Crippen molar-refractivity contribution in [3.05, 3.63) is 29.1 Å². The molecular formula is C9H10BF3. The van der Waals surface area contributed by atoms with Crippen LogP contribution in [0.1, 0.15) is 18.9 Å². The fourth-order valence-electron chi connectivity index (χ4n) is 1.25. The third-order valence-electron chi connectivity index (χ3n) is 1.92. The second-order valence-electron chi connectivity index (χ2n) is 3.04. The molecule has 0 aliphatic rings. The topological polar surface area (TPSA) is 0 Å². The second kappa shape index (κ2) is 3.86. The summed E-state index contributed by atoms with van der Waals surface area (Å²) in [7, 11) is 1.43. The van der Waals surface area contributed by atoms with Crippen molar-refractivity contribution in [3.63, 3.8) is 0 Å². The first-order valence-electron chi connectivity index (χ1n) is 4.20. The molecule has 0 aliphatic heterocycles. The van der Waals surface area contributed by atoms with Gasteiger partial charge in [-0.25, -0.2) is 13.2 Å². The van der Waals surface area contributed by atoms with E-state index in [0.717, 1.165) is 0 Å². The lowest BCUT2D eigenvalue weighted by Crippen LogP contribution is -2.15. The predicted molar refractivity (Wildman–Crippen MR) is 48.5 cm³/mol. The molecule has 0 aromatic heterocycles. The average molecular weight is 186 g/mol. The Hall–Kier alpha value is -0.925. The number of hydrogen-bond donors (Lipinski definition) is 0. The molecule has 13 heavy (non-hydrogen) atoms. The Kier molecular flexibility index (Phi) is 3.01.